The van der Waals surface area contributed by atoms with Gasteiger partial charge in [0.05, 0.1) is 11.6 Å². The van der Waals surface area contributed by atoms with Gasteiger partial charge in [-0.05, 0) is 50.8 Å². The molecule has 0 aliphatic carbocycles. The summed E-state index contributed by atoms with van der Waals surface area (Å²) in [5.41, 5.74) is 2.21. The van der Waals surface area contributed by atoms with Gasteiger partial charge in [-0.3, -0.25) is 14.6 Å². The first kappa shape index (κ1) is 19.8. The van der Waals surface area contributed by atoms with Gasteiger partial charge in [-0.2, -0.15) is 0 Å². The van der Waals surface area contributed by atoms with Crippen LogP contribution in [0.5, 0.6) is 0 Å². The molecule has 1 atom stereocenters. The lowest BCUT2D eigenvalue weighted by atomic mass is 9.96. The Balaban J connectivity index is 1.83. The number of hydrogen-bond acceptors (Lipinski definition) is 5. The third kappa shape index (κ3) is 3.48. The summed E-state index contributed by atoms with van der Waals surface area (Å²) in [6, 6.07) is 10.4. The second-order valence-electron chi connectivity index (χ2n) is 7.68. The molecule has 7 heteroatoms. The zero-order valence-electron chi connectivity index (χ0n) is 17.0. The lowest BCUT2D eigenvalue weighted by Crippen LogP contribution is -2.32. The molecule has 1 aliphatic heterocycles. The molecule has 154 valence electrons. The van der Waals surface area contributed by atoms with Crippen molar-refractivity contribution in [1.29, 1.82) is 0 Å². The summed E-state index contributed by atoms with van der Waals surface area (Å²) in [6.45, 7) is 1.20. The molecule has 0 radical (unpaired) electrons. The first-order valence-corrected chi connectivity index (χ1v) is 9.88. The first-order chi connectivity index (χ1) is 14.5. The summed E-state index contributed by atoms with van der Waals surface area (Å²) in [5.74, 6) is -1.41. The van der Waals surface area contributed by atoms with Crippen LogP contribution in [0.4, 0.5) is 0 Å². The van der Waals surface area contributed by atoms with Gasteiger partial charge in [0.15, 0.2) is 0 Å². The maximum Gasteiger partial charge on any atom is 0.295 e. The van der Waals surface area contributed by atoms with Gasteiger partial charge in [0, 0.05) is 41.6 Å². The van der Waals surface area contributed by atoms with E-state index in [1.165, 1.54) is 0 Å². The predicted octanol–water partition coefficient (Wildman–Crippen LogP) is 2.94. The molecule has 1 amide bonds. The van der Waals surface area contributed by atoms with Crippen molar-refractivity contribution >= 4 is 28.4 Å². The minimum absolute atomic E-state index is 0.112. The number of nitrogens with one attached hydrogen (secondary N) is 1. The second-order valence-corrected chi connectivity index (χ2v) is 7.68. The van der Waals surface area contributed by atoms with Gasteiger partial charge in [-0.15, -0.1) is 0 Å². The summed E-state index contributed by atoms with van der Waals surface area (Å²) in [7, 11) is 3.93. The number of benzene rings is 1. The van der Waals surface area contributed by atoms with Crippen molar-refractivity contribution in [1.82, 2.24) is 19.8 Å². The summed E-state index contributed by atoms with van der Waals surface area (Å²) >= 11 is 0. The van der Waals surface area contributed by atoms with E-state index < -0.39 is 17.7 Å². The molecule has 0 saturated carbocycles. The molecule has 3 aromatic rings. The van der Waals surface area contributed by atoms with E-state index in [0.29, 0.717) is 18.5 Å². The zero-order valence-corrected chi connectivity index (χ0v) is 17.0. The van der Waals surface area contributed by atoms with E-state index in [2.05, 4.69) is 9.97 Å². The number of para-hydroxylation sites is 1. The Labute approximate surface area is 174 Å². The molecular weight excluding hydrogens is 380 g/mol. The number of aromatic amines is 1. The van der Waals surface area contributed by atoms with Crippen LogP contribution in [0, 0.1) is 0 Å². The highest BCUT2D eigenvalue weighted by Crippen LogP contribution is 2.40. The largest absolute Gasteiger partial charge is 0.507 e. The molecule has 30 heavy (non-hydrogen) atoms. The molecule has 1 aliphatic rings. The molecule has 2 aromatic heterocycles. The van der Waals surface area contributed by atoms with Crippen molar-refractivity contribution in [2.45, 2.75) is 12.5 Å². The van der Waals surface area contributed by atoms with E-state index in [-0.39, 0.29) is 11.3 Å². The molecule has 0 spiro atoms. The van der Waals surface area contributed by atoms with Crippen LogP contribution in [0.2, 0.25) is 0 Å². The highest BCUT2D eigenvalue weighted by atomic mass is 16.3. The molecule has 1 aromatic carbocycles. The molecule has 0 bridgehead atoms. The molecular formula is C23H24N4O3. The molecule has 1 fully saturated rings. The fourth-order valence-electron chi connectivity index (χ4n) is 3.97. The Hall–Kier alpha value is -3.45. The van der Waals surface area contributed by atoms with Gasteiger partial charge in [0.25, 0.3) is 11.7 Å². The summed E-state index contributed by atoms with van der Waals surface area (Å²) in [6.07, 6.45) is 5.64. The van der Waals surface area contributed by atoms with Crippen LogP contribution in [-0.4, -0.2) is 63.7 Å². The third-order valence-corrected chi connectivity index (χ3v) is 5.41. The Morgan fingerprint density at radius 3 is 2.63 bits per heavy atom. The number of rotatable bonds is 6. The number of fused-ring (bicyclic) bond motifs is 1. The van der Waals surface area contributed by atoms with Gasteiger partial charge in [0.2, 0.25) is 0 Å². The number of likely N-dealkylation sites (tertiary alicyclic amines) is 1. The van der Waals surface area contributed by atoms with Crippen LogP contribution in [0.1, 0.15) is 23.6 Å². The van der Waals surface area contributed by atoms with Crippen LogP contribution in [-0.2, 0) is 9.59 Å². The quantitative estimate of drug-likeness (QED) is 0.375. The number of aliphatic hydroxyl groups is 1. The number of ketones is 1. The standard InChI is InChI=1S/C23H24N4O3/c1-26(2)12-5-13-27-20(15-8-10-24-11-9-15)19(22(29)23(27)30)21(28)17-14-25-18-7-4-3-6-16(17)18/h3-4,6-11,14,20,25,28H,5,12-13H2,1-2H3/b21-19+. The van der Waals surface area contributed by atoms with Gasteiger partial charge >= 0.3 is 0 Å². The number of H-pyrrole nitrogens is 1. The van der Waals surface area contributed by atoms with E-state index in [9.17, 15) is 14.7 Å². The monoisotopic (exact) mass is 404 g/mol. The lowest BCUT2D eigenvalue weighted by Gasteiger charge is -2.25. The van der Waals surface area contributed by atoms with Gasteiger partial charge in [-0.25, -0.2) is 0 Å². The van der Waals surface area contributed by atoms with E-state index >= 15 is 0 Å². The smallest absolute Gasteiger partial charge is 0.295 e. The van der Waals surface area contributed by atoms with Gasteiger partial charge in [-0.1, -0.05) is 18.2 Å². The number of aliphatic hydroxyl groups excluding tert-OH is 1. The fraction of sp³-hybridized carbons (Fsp3) is 0.261. The normalized spacial score (nSPS) is 18.6. The van der Waals surface area contributed by atoms with E-state index in [1.807, 2.05) is 43.3 Å². The van der Waals surface area contributed by atoms with Gasteiger partial charge in [0.1, 0.15) is 5.76 Å². The van der Waals surface area contributed by atoms with Crippen LogP contribution >= 0.6 is 0 Å². The Morgan fingerprint density at radius 1 is 1.17 bits per heavy atom. The minimum atomic E-state index is -0.663. The average Bonchev–Trinajstić information content (AvgIpc) is 3.28. The zero-order chi connectivity index (χ0) is 21.3. The minimum Gasteiger partial charge on any atom is -0.507 e. The van der Waals surface area contributed by atoms with E-state index in [1.54, 1.807) is 35.6 Å². The van der Waals surface area contributed by atoms with Crippen molar-refractivity contribution < 1.29 is 14.7 Å². The van der Waals surface area contributed by atoms with Crippen molar-refractivity contribution in [3.8, 4) is 0 Å². The summed E-state index contributed by atoms with van der Waals surface area (Å²) in [5, 5.41) is 12.0. The molecule has 7 nitrogen and oxygen atoms in total. The lowest BCUT2D eigenvalue weighted by molar-refractivity contribution is -0.139. The SMILES string of the molecule is CN(C)CCCN1C(=O)C(=O)/C(=C(/O)c2c[nH]c3ccccc23)C1c1ccncc1. The first-order valence-electron chi connectivity index (χ1n) is 9.88. The molecule has 4 rings (SSSR count). The maximum absolute atomic E-state index is 13.0. The molecule has 1 unspecified atom stereocenters. The topological polar surface area (TPSA) is 89.5 Å². The highest BCUT2D eigenvalue weighted by molar-refractivity contribution is 6.46. The Kier molecular flexibility index (Phi) is 5.37. The predicted molar refractivity (Wildman–Crippen MR) is 115 cm³/mol. The third-order valence-electron chi connectivity index (χ3n) is 5.41. The van der Waals surface area contributed by atoms with Crippen LogP contribution in [0.25, 0.3) is 16.7 Å². The van der Waals surface area contributed by atoms with Gasteiger partial charge < -0.3 is 19.9 Å². The van der Waals surface area contributed by atoms with Crippen molar-refractivity contribution in [2.75, 3.05) is 27.2 Å². The fourth-order valence-corrected chi connectivity index (χ4v) is 3.97. The Morgan fingerprint density at radius 2 is 1.90 bits per heavy atom. The summed E-state index contributed by atoms with van der Waals surface area (Å²) in [4.78, 5) is 36.7. The number of nitrogens with zero attached hydrogens (tertiary/aromatic N) is 3. The van der Waals surface area contributed by atoms with E-state index in [4.69, 9.17) is 0 Å². The number of hydrogen-bond donors (Lipinski definition) is 2. The van der Waals surface area contributed by atoms with Crippen LogP contribution in [0.15, 0.2) is 60.6 Å². The average molecular weight is 404 g/mol. The molecule has 1 saturated heterocycles. The maximum atomic E-state index is 13.0. The molecule has 3 heterocycles. The van der Waals surface area contributed by atoms with Crippen molar-refractivity contribution in [3.63, 3.8) is 0 Å². The number of carbonyl (C=O) groups excluding carboxylic acids is 2. The number of carbonyl (C=O) groups is 2. The van der Waals surface area contributed by atoms with Crippen LogP contribution < -0.4 is 0 Å². The van der Waals surface area contributed by atoms with Crippen LogP contribution in [0.3, 0.4) is 0 Å². The highest BCUT2D eigenvalue weighted by Gasteiger charge is 2.46. The number of pyridine rings is 1. The molecule has 2 N–H and O–H groups in total. The van der Waals surface area contributed by atoms with Crippen molar-refractivity contribution in [3.05, 3.63) is 71.7 Å². The Bertz CT molecular complexity index is 1120. The summed E-state index contributed by atoms with van der Waals surface area (Å²) < 4.78 is 0. The number of Topliss-reactive ketones (excluding diaryl/α,β-unsaturated/α-hetero) is 1. The van der Waals surface area contributed by atoms with Crippen molar-refractivity contribution in [2.24, 2.45) is 0 Å². The number of amides is 1. The number of aromatic nitrogens is 2. The van der Waals surface area contributed by atoms with E-state index in [0.717, 1.165) is 23.0 Å². The second kappa shape index (κ2) is 8.12.